The zero-order valence-corrected chi connectivity index (χ0v) is 14.7. The highest BCUT2D eigenvalue weighted by molar-refractivity contribution is 5.86. The topological polar surface area (TPSA) is 37.3 Å². The number of hydrogen-bond donors (Lipinski definition) is 1. The number of carboxylic acid groups (broad SMARTS) is 1. The van der Waals surface area contributed by atoms with E-state index in [-0.39, 0.29) is 5.41 Å². The number of unbranched alkanes of at least 4 members (excludes halogenated alkanes) is 9. The second-order valence-corrected chi connectivity index (χ2v) is 7.27. The van der Waals surface area contributed by atoms with Gasteiger partial charge in [-0.05, 0) is 18.3 Å². The number of allylic oxidation sites excluding steroid dienone is 1. The Morgan fingerprint density at radius 1 is 0.857 bits per heavy atom. The van der Waals surface area contributed by atoms with Crippen molar-refractivity contribution in [2.24, 2.45) is 5.41 Å². The molecule has 124 valence electrons. The van der Waals surface area contributed by atoms with Gasteiger partial charge < -0.3 is 5.11 Å². The van der Waals surface area contributed by atoms with Crippen molar-refractivity contribution >= 4 is 5.97 Å². The molecule has 0 aliphatic heterocycles. The zero-order valence-electron chi connectivity index (χ0n) is 14.7. The number of carboxylic acids is 1. The fraction of sp³-hybridized carbons (Fsp3) is 0.842. The number of carbonyl (C=O) groups is 1. The highest BCUT2D eigenvalue weighted by Gasteiger charge is 2.13. The maximum absolute atomic E-state index is 11.2. The Bertz CT molecular complexity index is 297. The van der Waals surface area contributed by atoms with E-state index < -0.39 is 5.97 Å². The predicted octanol–water partition coefficient (Wildman–Crippen LogP) is 6.35. The Kier molecular flexibility index (Phi) is 11.4. The molecular weight excluding hydrogens is 260 g/mol. The molecule has 0 aliphatic carbocycles. The first-order chi connectivity index (χ1) is 9.87. The van der Waals surface area contributed by atoms with Crippen molar-refractivity contribution in [1.29, 1.82) is 0 Å². The van der Waals surface area contributed by atoms with Crippen LogP contribution in [0.15, 0.2) is 11.6 Å². The summed E-state index contributed by atoms with van der Waals surface area (Å²) in [5.41, 5.74) is 0.536. The van der Waals surface area contributed by atoms with Crippen molar-refractivity contribution in [1.82, 2.24) is 0 Å². The lowest BCUT2D eigenvalue weighted by molar-refractivity contribution is -0.132. The Morgan fingerprint density at radius 2 is 1.29 bits per heavy atom. The van der Waals surface area contributed by atoms with E-state index in [2.05, 4.69) is 27.7 Å². The standard InChI is InChI=1S/C19H36O2/c1-5-6-7-8-9-10-11-12-13-14-15-17(18(20)21)16-19(2,3)4/h16H,5-15H2,1-4H3,(H,20,21)/b17-16-. The lowest BCUT2D eigenvalue weighted by Gasteiger charge is -2.14. The summed E-state index contributed by atoms with van der Waals surface area (Å²) in [5.74, 6) is -0.749. The molecule has 0 spiro atoms. The lowest BCUT2D eigenvalue weighted by atomic mass is 9.91. The van der Waals surface area contributed by atoms with Gasteiger partial charge in [-0.1, -0.05) is 91.6 Å². The Labute approximate surface area is 132 Å². The van der Waals surface area contributed by atoms with Crippen LogP contribution in [-0.2, 0) is 4.79 Å². The summed E-state index contributed by atoms with van der Waals surface area (Å²) in [4.78, 5) is 11.2. The van der Waals surface area contributed by atoms with Gasteiger partial charge in [-0.3, -0.25) is 0 Å². The van der Waals surface area contributed by atoms with Gasteiger partial charge in [0.2, 0.25) is 0 Å². The normalized spacial score (nSPS) is 12.7. The van der Waals surface area contributed by atoms with Gasteiger partial charge in [0.15, 0.2) is 0 Å². The van der Waals surface area contributed by atoms with Crippen molar-refractivity contribution in [3.63, 3.8) is 0 Å². The maximum atomic E-state index is 11.2. The van der Waals surface area contributed by atoms with Crippen LogP contribution in [0.1, 0.15) is 98.3 Å². The molecule has 21 heavy (non-hydrogen) atoms. The predicted molar refractivity (Wildman–Crippen MR) is 91.6 cm³/mol. The smallest absolute Gasteiger partial charge is 0.331 e. The second kappa shape index (κ2) is 11.8. The minimum Gasteiger partial charge on any atom is -0.478 e. The molecular formula is C19H36O2. The van der Waals surface area contributed by atoms with Crippen LogP contribution in [0.3, 0.4) is 0 Å². The first-order valence-corrected chi connectivity index (χ1v) is 8.82. The van der Waals surface area contributed by atoms with Gasteiger partial charge in [-0.2, -0.15) is 0 Å². The highest BCUT2D eigenvalue weighted by atomic mass is 16.4. The third-order valence-electron chi connectivity index (χ3n) is 3.68. The fourth-order valence-corrected chi connectivity index (χ4v) is 2.57. The van der Waals surface area contributed by atoms with Crippen molar-refractivity contribution in [3.8, 4) is 0 Å². The molecule has 0 aromatic rings. The number of rotatable bonds is 12. The molecule has 0 saturated carbocycles. The van der Waals surface area contributed by atoms with Gasteiger partial charge >= 0.3 is 5.97 Å². The monoisotopic (exact) mass is 296 g/mol. The lowest BCUT2D eigenvalue weighted by Crippen LogP contribution is -2.08. The largest absolute Gasteiger partial charge is 0.478 e. The van der Waals surface area contributed by atoms with Crippen molar-refractivity contribution < 1.29 is 9.90 Å². The van der Waals surface area contributed by atoms with E-state index in [0.717, 1.165) is 12.8 Å². The molecule has 0 rings (SSSR count). The van der Waals surface area contributed by atoms with Gasteiger partial charge in [-0.25, -0.2) is 4.79 Å². The quantitative estimate of drug-likeness (QED) is 0.336. The number of hydrogen-bond acceptors (Lipinski definition) is 1. The molecule has 0 saturated heterocycles. The Balaban J connectivity index is 3.65. The molecule has 0 aliphatic rings. The average molecular weight is 296 g/mol. The maximum Gasteiger partial charge on any atom is 0.331 e. The molecule has 2 heteroatoms. The van der Waals surface area contributed by atoms with E-state index in [9.17, 15) is 9.90 Å². The molecule has 0 bridgehead atoms. The fourth-order valence-electron chi connectivity index (χ4n) is 2.57. The minimum atomic E-state index is -0.749. The van der Waals surface area contributed by atoms with Gasteiger partial charge in [0.25, 0.3) is 0 Å². The Morgan fingerprint density at radius 3 is 1.67 bits per heavy atom. The summed E-state index contributed by atoms with van der Waals surface area (Å²) in [6.45, 7) is 8.40. The van der Waals surface area contributed by atoms with Crippen LogP contribution in [0.4, 0.5) is 0 Å². The molecule has 0 aromatic carbocycles. The average Bonchev–Trinajstić information content (AvgIpc) is 2.38. The summed E-state index contributed by atoms with van der Waals surface area (Å²) in [7, 11) is 0. The van der Waals surface area contributed by atoms with Gasteiger partial charge in [0.1, 0.15) is 0 Å². The van der Waals surface area contributed by atoms with Crippen LogP contribution in [0.25, 0.3) is 0 Å². The molecule has 0 unspecified atom stereocenters. The molecule has 0 heterocycles. The summed E-state index contributed by atoms with van der Waals surface area (Å²) in [5, 5.41) is 9.21. The highest BCUT2D eigenvalue weighted by Crippen LogP contribution is 2.21. The van der Waals surface area contributed by atoms with Crippen LogP contribution in [0.2, 0.25) is 0 Å². The Hall–Kier alpha value is -0.790. The van der Waals surface area contributed by atoms with Crippen LogP contribution in [0, 0.1) is 5.41 Å². The van der Waals surface area contributed by atoms with Crippen LogP contribution in [0.5, 0.6) is 0 Å². The van der Waals surface area contributed by atoms with E-state index in [1.807, 2.05) is 6.08 Å². The third kappa shape index (κ3) is 13.9. The first-order valence-electron chi connectivity index (χ1n) is 8.82. The van der Waals surface area contributed by atoms with Crippen molar-refractivity contribution in [2.75, 3.05) is 0 Å². The summed E-state index contributed by atoms with van der Waals surface area (Å²) < 4.78 is 0. The molecule has 1 N–H and O–H groups in total. The number of aliphatic carboxylic acids is 1. The molecule has 2 nitrogen and oxygen atoms in total. The minimum absolute atomic E-state index is 0.0494. The molecule has 0 atom stereocenters. The van der Waals surface area contributed by atoms with Crippen molar-refractivity contribution in [3.05, 3.63) is 11.6 Å². The van der Waals surface area contributed by atoms with Crippen LogP contribution < -0.4 is 0 Å². The summed E-state index contributed by atoms with van der Waals surface area (Å²) in [6, 6.07) is 0. The molecule has 0 fully saturated rings. The van der Waals surface area contributed by atoms with Crippen LogP contribution >= 0.6 is 0 Å². The van der Waals surface area contributed by atoms with Gasteiger partial charge in [-0.15, -0.1) is 0 Å². The second-order valence-electron chi connectivity index (χ2n) is 7.27. The SMILES string of the molecule is CCCCCCCCCCCC/C(=C/C(C)(C)C)C(=O)O. The van der Waals surface area contributed by atoms with E-state index in [0.29, 0.717) is 12.0 Å². The summed E-state index contributed by atoms with van der Waals surface area (Å²) >= 11 is 0. The summed E-state index contributed by atoms with van der Waals surface area (Å²) in [6.07, 6.45) is 15.5. The first kappa shape index (κ1) is 20.2. The van der Waals surface area contributed by atoms with E-state index >= 15 is 0 Å². The van der Waals surface area contributed by atoms with Crippen molar-refractivity contribution in [2.45, 2.75) is 98.3 Å². The van der Waals surface area contributed by atoms with E-state index in [1.54, 1.807) is 0 Å². The molecule has 0 radical (unpaired) electrons. The zero-order chi connectivity index (χ0) is 16.1. The third-order valence-corrected chi connectivity index (χ3v) is 3.68. The molecule has 0 amide bonds. The van der Waals surface area contributed by atoms with Gasteiger partial charge in [0, 0.05) is 5.57 Å². The van der Waals surface area contributed by atoms with Gasteiger partial charge in [0.05, 0.1) is 0 Å². The van der Waals surface area contributed by atoms with Crippen LogP contribution in [-0.4, -0.2) is 11.1 Å². The van der Waals surface area contributed by atoms with E-state index in [1.165, 1.54) is 51.4 Å². The molecule has 0 aromatic heterocycles. The van der Waals surface area contributed by atoms with E-state index in [4.69, 9.17) is 0 Å².